The number of benzene rings is 2. The molecule has 0 nitrogen and oxygen atoms in total. The van der Waals surface area contributed by atoms with Gasteiger partial charge in [0.2, 0.25) is 0 Å². The summed E-state index contributed by atoms with van der Waals surface area (Å²) in [7, 11) is 0. The molecule has 0 radical (unpaired) electrons. The van der Waals surface area contributed by atoms with Crippen molar-refractivity contribution in [3.63, 3.8) is 0 Å². The van der Waals surface area contributed by atoms with Gasteiger partial charge in [0.25, 0.3) is 0 Å². The van der Waals surface area contributed by atoms with E-state index in [4.69, 9.17) is 0 Å². The summed E-state index contributed by atoms with van der Waals surface area (Å²) in [6.45, 7) is 3.39. The zero-order valence-electron chi connectivity index (χ0n) is 18.0. The van der Waals surface area contributed by atoms with Crippen molar-refractivity contribution < 1.29 is 17.6 Å². The van der Waals surface area contributed by atoms with E-state index < -0.39 is 28.8 Å². The normalized spacial score (nSPS) is 19.3. The van der Waals surface area contributed by atoms with Gasteiger partial charge in [0.1, 0.15) is 11.6 Å². The summed E-state index contributed by atoms with van der Waals surface area (Å²) in [6.07, 6.45) is 12.2. The molecule has 0 N–H and O–H groups in total. The van der Waals surface area contributed by atoms with Crippen molar-refractivity contribution in [3.8, 4) is 11.1 Å². The van der Waals surface area contributed by atoms with Gasteiger partial charge in [-0.1, -0.05) is 57.6 Å². The van der Waals surface area contributed by atoms with Crippen LogP contribution in [0.15, 0.2) is 24.3 Å². The lowest BCUT2D eigenvalue weighted by atomic mass is 9.77. The summed E-state index contributed by atoms with van der Waals surface area (Å²) in [4.78, 5) is 0. The molecule has 0 atom stereocenters. The standard InChI is InChI=1S/C26H32F4/c1-3-4-5-6-7-8-18-9-11-19(12-10-18)20-13-14-21(24(28)15-20)22-16-23(27)17(2)25(29)26(22)30/h13-16,18-19H,3-12H2,1-2H3/t18-,19-. The second-order valence-corrected chi connectivity index (χ2v) is 8.82. The van der Waals surface area contributed by atoms with Gasteiger partial charge in [-0.25, -0.2) is 17.6 Å². The second-order valence-electron chi connectivity index (χ2n) is 8.82. The molecule has 0 amide bonds. The van der Waals surface area contributed by atoms with Crippen LogP contribution in [0.3, 0.4) is 0 Å². The maximum atomic E-state index is 14.8. The Hall–Kier alpha value is -1.84. The van der Waals surface area contributed by atoms with Crippen LogP contribution < -0.4 is 0 Å². The second kappa shape index (κ2) is 10.5. The highest BCUT2D eigenvalue weighted by Crippen LogP contribution is 2.39. The minimum absolute atomic E-state index is 0.102. The lowest BCUT2D eigenvalue weighted by Crippen LogP contribution is -2.13. The molecule has 4 heteroatoms. The molecular formula is C26H32F4. The fourth-order valence-corrected chi connectivity index (χ4v) is 4.71. The highest BCUT2D eigenvalue weighted by Gasteiger charge is 2.24. The predicted octanol–water partition coefficient (Wildman–Crippen LogP) is 8.85. The minimum Gasteiger partial charge on any atom is -0.207 e. The van der Waals surface area contributed by atoms with Crippen LogP contribution in [0.25, 0.3) is 11.1 Å². The average Bonchev–Trinajstić information content (AvgIpc) is 2.75. The zero-order valence-corrected chi connectivity index (χ0v) is 18.0. The Morgan fingerprint density at radius 1 is 0.767 bits per heavy atom. The van der Waals surface area contributed by atoms with E-state index in [-0.39, 0.29) is 11.1 Å². The first kappa shape index (κ1) is 22.8. The first-order valence-corrected chi connectivity index (χ1v) is 11.4. The SMILES string of the molecule is CCCCCCC[C@H]1CC[C@H](c2ccc(-c3cc(F)c(C)c(F)c3F)c(F)c2)CC1. The molecule has 0 saturated heterocycles. The molecule has 2 aromatic carbocycles. The first-order chi connectivity index (χ1) is 14.4. The third-order valence-corrected chi connectivity index (χ3v) is 6.71. The lowest BCUT2D eigenvalue weighted by Gasteiger charge is -2.29. The summed E-state index contributed by atoms with van der Waals surface area (Å²) in [5.74, 6) is -2.92. The monoisotopic (exact) mass is 420 g/mol. The molecule has 30 heavy (non-hydrogen) atoms. The summed E-state index contributed by atoms with van der Waals surface area (Å²) in [6, 6.07) is 5.53. The Morgan fingerprint density at radius 2 is 1.47 bits per heavy atom. The Bertz CT molecular complexity index is 851. The molecule has 0 aromatic heterocycles. The van der Waals surface area contributed by atoms with Crippen molar-refractivity contribution in [2.45, 2.75) is 84.0 Å². The van der Waals surface area contributed by atoms with Crippen molar-refractivity contribution in [3.05, 3.63) is 58.7 Å². The Morgan fingerprint density at radius 3 is 2.13 bits per heavy atom. The van der Waals surface area contributed by atoms with E-state index in [9.17, 15) is 17.6 Å². The third kappa shape index (κ3) is 5.25. The molecule has 1 fully saturated rings. The van der Waals surface area contributed by atoms with E-state index >= 15 is 0 Å². The fraction of sp³-hybridized carbons (Fsp3) is 0.538. The number of halogens is 4. The molecule has 2 aromatic rings. The van der Waals surface area contributed by atoms with Gasteiger partial charge in [-0.2, -0.15) is 0 Å². The van der Waals surface area contributed by atoms with Gasteiger partial charge in [-0.3, -0.25) is 0 Å². The van der Waals surface area contributed by atoms with Crippen LogP contribution >= 0.6 is 0 Å². The van der Waals surface area contributed by atoms with Crippen LogP contribution in [-0.4, -0.2) is 0 Å². The summed E-state index contributed by atoms with van der Waals surface area (Å²) in [5, 5.41) is 0. The molecule has 1 saturated carbocycles. The topological polar surface area (TPSA) is 0 Å². The van der Waals surface area contributed by atoms with Crippen molar-refractivity contribution in [1.29, 1.82) is 0 Å². The summed E-state index contributed by atoms with van der Waals surface area (Å²) >= 11 is 0. The van der Waals surface area contributed by atoms with Gasteiger partial charge in [0.15, 0.2) is 11.6 Å². The molecule has 1 aliphatic carbocycles. The van der Waals surface area contributed by atoms with Gasteiger partial charge < -0.3 is 0 Å². The van der Waals surface area contributed by atoms with E-state index in [0.29, 0.717) is 5.92 Å². The highest BCUT2D eigenvalue weighted by atomic mass is 19.2. The van der Waals surface area contributed by atoms with Gasteiger partial charge in [0.05, 0.1) is 0 Å². The number of hydrogen-bond acceptors (Lipinski definition) is 0. The largest absolute Gasteiger partial charge is 0.207 e. The third-order valence-electron chi connectivity index (χ3n) is 6.71. The van der Waals surface area contributed by atoms with Crippen molar-refractivity contribution in [2.75, 3.05) is 0 Å². The summed E-state index contributed by atoms with van der Waals surface area (Å²) < 4.78 is 56.8. The van der Waals surface area contributed by atoms with Gasteiger partial charge >= 0.3 is 0 Å². The van der Waals surface area contributed by atoms with Crippen LogP contribution in [0, 0.1) is 36.1 Å². The maximum absolute atomic E-state index is 14.8. The molecular weight excluding hydrogens is 388 g/mol. The van der Waals surface area contributed by atoms with E-state index in [2.05, 4.69) is 6.92 Å². The Kier molecular flexibility index (Phi) is 7.96. The minimum atomic E-state index is -1.26. The Labute approximate surface area is 177 Å². The molecule has 0 aliphatic heterocycles. The molecule has 164 valence electrons. The van der Waals surface area contributed by atoms with Gasteiger partial charge in [-0.05, 0) is 62.1 Å². The first-order valence-electron chi connectivity index (χ1n) is 11.4. The summed E-state index contributed by atoms with van der Waals surface area (Å²) in [5.41, 5.74) is 0.0303. The van der Waals surface area contributed by atoms with E-state index in [0.717, 1.165) is 43.2 Å². The van der Waals surface area contributed by atoms with Gasteiger partial charge in [-0.15, -0.1) is 0 Å². The van der Waals surface area contributed by atoms with Crippen LogP contribution in [0.5, 0.6) is 0 Å². The lowest BCUT2D eigenvalue weighted by molar-refractivity contribution is 0.301. The van der Waals surface area contributed by atoms with Crippen LogP contribution in [-0.2, 0) is 0 Å². The Balaban J connectivity index is 1.63. The van der Waals surface area contributed by atoms with Gasteiger partial charge in [0, 0.05) is 16.7 Å². The quantitative estimate of drug-likeness (QED) is 0.227. The molecule has 0 heterocycles. The van der Waals surface area contributed by atoms with E-state index in [1.807, 2.05) is 0 Å². The smallest absolute Gasteiger partial charge is 0.167 e. The highest BCUT2D eigenvalue weighted by molar-refractivity contribution is 5.66. The maximum Gasteiger partial charge on any atom is 0.167 e. The number of rotatable bonds is 8. The van der Waals surface area contributed by atoms with Crippen molar-refractivity contribution in [1.82, 2.24) is 0 Å². The molecule has 0 spiro atoms. The van der Waals surface area contributed by atoms with Crippen molar-refractivity contribution in [2.24, 2.45) is 5.92 Å². The average molecular weight is 421 g/mol. The fourth-order valence-electron chi connectivity index (χ4n) is 4.71. The van der Waals surface area contributed by atoms with Crippen LogP contribution in [0.1, 0.15) is 88.2 Å². The van der Waals surface area contributed by atoms with Crippen LogP contribution in [0.2, 0.25) is 0 Å². The predicted molar refractivity (Wildman–Crippen MR) is 115 cm³/mol. The van der Waals surface area contributed by atoms with Crippen molar-refractivity contribution >= 4 is 0 Å². The van der Waals surface area contributed by atoms with E-state index in [1.54, 1.807) is 6.07 Å². The molecule has 3 rings (SSSR count). The number of hydrogen-bond donors (Lipinski definition) is 0. The number of unbranched alkanes of at least 4 members (excludes halogenated alkanes) is 4. The van der Waals surface area contributed by atoms with E-state index in [1.165, 1.54) is 57.6 Å². The molecule has 1 aliphatic rings. The molecule has 0 bridgehead atoms. The zero-order chi connectivity index (χ0) is 21.7. The van der Waals surface area contributed by atoms with Crippen LogP contribution in [0.4, 0.5) is 17.6 Å². The molecule has 0 unspecified atom stereocenters.